The van der Waals surface area contributed by atoms with E-state index in [9.17, 15) is 4.79 Å². The van der Waals surface area contributed by atoms with Crippen LogP contribution in [0.15, 0.2) is 0 Å². The lowest BCUT2D eigenvalue weighted by atomic mass is 10.1. The van der Waals surface area contributed by atoms with Crippen LogP contribution in [0.2, 0.25) is 0 Å². The quantitative estimate of drug-likeness (QED) is 0.742. The molecule has 1 aliphatic heterocycles. The number of nitrogens with one attached hydrogen (secondary N) is 1. The fraction of sp³-hybridized carbons (Fsp3) is 0.917. The van der Waals surface area contributed by atoms with Gasteiger partial charge < -0.3 is 14.8 Å². The predicted molar refractivity (Wildman–Crippen MR) is 62.3 cm³/mol. The number of carbonyl (C=O) groups excluding carboxylic acids is 1. The molecule has 1 atom stereocenters. The zero-order chi connectivity index (χ0) is 12.0. The molecule has 1 aliphatic rings. The molecule has 0 spiro atoms. The Morgan fingerprint density at radius 2 is 2.19 bits per heavy atom. The Balaban J connectivity index is 2.09. The number of rotatable bonds is 4. The van der Waals surface area contributed by atoms with Crippen LogP contribution < -0.4 is 5.32 Å². The number of esters is 1. The molecule has 4 heteroatoms. The highest BCUT2D eigenvalue weighted by molar-refractivity contribution is 5.71. The zero-order valence-corrected chi connectivity index (χ0v) is 10.5. The maximum atomic E-state index is 11.4. The number of carbonyl (C=O) groups is 1. The standard InChI is InChI=1S/C12H23NO3/c1-12(2,3)13-8-11(14)16-9-10-6-4-5-7-15-10/h10,13H,4-9H2,1-3H3. The summed E-state index contributed by atoms with van der Waals surface area (Å²) in [5, 5.41) is 3.09. The molecule has 0 aromatic heterocycles. The summed E-state index contributed by atoms with van der Waals surface area (Å²) in [5.41, 5.74) is -0.0552. The molecule has 1 saturated heterocycles. The fourth-order valence-corrected chi connectivity index (χ4v) is 1.51. The largest absolute Gasteiger partial charge is 0.462 e. The van der Waals surface area contributed by atoms with E-state index in [1.165, 1.54) is 6.42 Å². The first-order chi connectivity index (χ1) is 7.47. The highest BCUT2D eigenvalue weighted by Crippen LogP contribution is 2.12. The first kappa shape index (κ1) is 13.5. The summed E-state index contributed by atoms with van der Waals surface area (Å²) in [5.74, 6) is -0.205. The van der Waals surface area contributed by atoms with E-state index in [-0.39, 0.29) is 24.2 Å². The molecule has 0 bridgehead atoms. The van der Waals surface area contributed by atoms with E-state index in [1.54, 1.807) is 0 Å². The zero-order valence-electron chi connectivity index (χ0n) is 10.5. The third-order valence-electron chi connectivity index (χ3n) is 2.47. The highest BCUT2D eigenvalue weighted by Gasteiger charge is 2.17. The summed E-state index contributed by atoms with van der Waals surface area (Å²) in [6.45, 7) is 7.50. The van der Waals surface area contributed by atoms with Gasteiger partial charge >= 0.3 is 5.97 Å². The third-order valence-corrected chi connectivity index (χ3v) is 2.47. The molecule has 1 fully saturated rings. The summed E-state index contributed by atoms with van der Waals surface area (Å²) in [6, 6.07) is 0. The molecule has 0 aromatic carbocycles. The molecule has 4 nitrogen and oxygen atoms in total. The van der Waals surface area contributed by atoms with E-state index >= 15 is 0 Å². The van der Waals surface area contributed by atoms with Crippen molar-refractivity contribution in [3.8, 4) is 0 Å². The average molecular weight is 229 g/mol. The molecule has 0 aliphatic carbocycles. The van der Waals surface area contributed by atoms with Crippen LogP contribution in [-0.2, 0) is 14.3 Å². The third kappa shape index (κ3) is 6.08. The second kappa shape index (κ2) is 6.21. The van der Waals surface area contributed by atoms with Gasteiger partial charge in [-0.3, -0.25) is 4.79 Å². The van der Waals surface area contributed by atoms with Crippen LogP contribution in [0, 0.1) is 0 Å². The van der Waals surface area contributed by atoms with Gasteiger partial charge in [0.15, 0.2) is 0 Å². The van der Waals surface area contributed by atoms with Gasteiger partial charge in [0.2, 0.25) is 0 Å². The van der Waals surface area contributed by atoms with Crippen molar-refractivity contribution in [3.05, 3.63) is 0 Å². The van der Waals surface area contributed by atoms with Crippen LogP contribution >= 0.6 is 0 Å². The van der Waals surface area contributed by atoms with Crippen LogP contribution in [0.3, 0.4) is 0 Å². The van der Waals surface area contributed by atoms with Gasteiger partial charge in [0, 0.05) is 12.1 Å². The van der Waals surface area contributed by atoms with Crippen molar-refractivity contribution in [1.82, 2.24) is 5.32 Å². The smallest absolute Gasteiger partial charge is 0.320 e. The fourth-order valence-electron chi connectivity index (χ4n) is 1.51. The number of hydrogen-bond donors (Lipinski definition) is 1. The molecule has 0 aromatic rings. The lowest BCUT2D eigenvalue weighted by molar-refractivity contribution is -0.148. The summed E-state index contributed by atoms with van der Waals surface area (Å²) in [6.07, 6.45) is 3.39. The van der Waals surface area contributed by atoms with Gasteiger partial charge in [-0.2, -0.15) is 0 Å². The van der Waals surface area contributed by atoms with Crippen LogP contribution in [0.1, 0.15) is 40.0 Å². The average Bonchev–Trinajstić information content (AvgIpc) is 2.24. The molecule has 1 heterocycles. The Kier molecular flexibility index (Phi) is 5.22. The minimum atomic E-state index is -0.205. The Morgan fingerprint density at radius 3 is 2.75 bits per heavy atom. The first-order valence-corrected chi connectivity index (χ1v) is 5.99. The highest BCUT2D eigenvalue weighted by atomic mass is 16.6. The Morgan fingerprint density at radius 1 is 1.44 bits per heavy atom. The molecule has 94 valence electrons. The maximum absolute atomic E-state index is 11.4. The van der Waals surface area contributed by atoms with Crippen LogP contribution in [0.25, 0.3) is 0 Å². The second-order valence-electron chi connectivity index (χ2n) is 5.28. The maximum Gasteiger partial charge on any atom is 0.320 e. The topological polar surface area (TPSA) is 47.6 Å². The lowest BCUT2D eigenvalue weighted by Crippen LogP contribution is -2.40. The molecule has 1 unspecified atom stereocenters. The van der Waals surface area contributed by atoms with Crippen molar-refractivity contribution in [1.29, 1.82) is 0 Å². The Bertz CT molecular complexity index is 217. The van der Waals surface area contributed by atoms with Crippen molar-refractivity contribution >= 4 is 5.97 Å². The first-order valence-electron chi connectivity index (χ1n) is 5.99. The molecular formula is C12H23NO3. The minimum Gasteiger partial charge on any atom is -0.462 e. The summed E-state index contributed by atoms with van der Waals surface area (Å²) in [4.78, 5) is 11.4. The van der Waals surface area contributed by atoms with Crippen molar-refractivity contribution in [3.63, 3.8) is 0 Å². The SMILES string of the molecule is CC(C)(C)NCC(=O)OCC1CCCCO1. The van der Waals surface area contributed by atoms with E-state index in [1.807, 2.05) is 20.8 Å². The normalized spacial score (nSPS) is 21.8. The van der Waals surface area contributed by atoms with Gasteiger partial charge in [-0.25, -0.2) is 0 Å². The van der Waals surface area contributed by atoms with Crippen molar-refractivity contribution in [2.75, 3.05) is 19.8 Å². The predicted octanol–water partition coefficient (Wildman–Crippen LogP) is 1.49. The van der Waals surface area contributed by atoms with Crippen LogP contribution in [-0.4, -0.2) is 37.4 Å². The summed E-state index contributed by atoms with van der Waals surface area (Å²) >= 11 is 0. The Labute approximate surface area is 97.7 Å². The lowest BCUT2D eigenvalue weighted by Gasteiger charge is -2.23. The Hall–Kier alpha value is -0.610. The molecule has 1 rings (SSSR count). The molecule has 0 amide bonds. The van der Waals surface area contributed by atoms with Crippen molar-refractivity contribution < 1.29 is 14.3 Å². The van der Waals surface area contributed by atoms with E-state index < -0.39 is 0 Å². The van der Waals surface area contributed by atoms with E-state index in [0.717, 1.165) is 19.4 Å². The second-order valence-corrected chi connectivity index (χ2v) is 5.28. The van der Waals surface area contributed by atoms with Gasteiger partial charge in [-0.05, 0) is 40.0 Å². The number of ether oxygens (including phenoxy) is 2. The van der Waals surface area contributed by atoms with Gasteiger partial charge in [0.05, 0.1) is 12.6 Å². The molecule has 0 radical (unpaired) electrons. The van der Waals surface area contributed by atoms with Gasteiger partial charge in [-0.15, -0.1) is 0 Å². The van der Waals surface area contributed by atoms with Gasteiger partial charge in [-0.1, -0.05) is 0 Å². The summed E-state index contributed by atoms with van der Waals surface area (Å²) < 4.78 is 10.6. The minimum absolute atomic E-state index is 0.0552. The van der Waals surface area contributed by atoms with E-state index in [0.29, 0.717) is 6.61 Å². The van der Waals surface area contributed by atoms with Gasteiger partial charge in [0.1, 0.15) is 6.61 Å². The summed E-state index contributed by atoms with van der Waals surface area (Å²) in [7, 11) is 0. The molecule has 1 N–H and O–H groups in total. The number of hydrogen-bond acceptors (Lipinski definition) is 4. The van der Waals surface area contributed by atoms with E-state index in [2.05, 4.69) is 5.32 Å². The van der Waals surface area contributed by atoms with Gasteiger partial charge in [0.25, 0.3) is 0 Å². The molecule has 0 saturated carbocycles. The van der Waals surface area contributed by atoms with Crippen molar-refractivity contribution in [2.24, 2.45) is 0 Å². The molecule has 16 heavy (non-hydrogen) atoms. The monoisotopic (exact) mass is 229 g/mol. The molecular weight excluding hydrogens is 206 g/mol. The van der Waals surface area contributed by atoms with Crippen LogP contribution in [0.5, 0.6) is 0 Å². The van der Waals surface area contributed by atoms with Crippen LogP contribution in [0.4, 0.5) is 0 Å². The van der Waals surface area contributed by atoms with E-state index in [4.69, 9.17) is 9.47 Å². The van der Waals surface area contributed by atoms with Crippen molar-refractivity contribution in [2.45, 2.75) is 51.7 Å².